The van der Waals surface area contributed by atoms with Gasteiger partial charge in [-0.2, -0.15) is 0 Å². The fourth-order valence-corrected chi connectivity index (χ4v) is 9.39. The molecule has 2 aliphatic rings. The summed E-state index contributed by atoms with van der Waals surface area (Å²) in [5.41, 5.74) is 12.6. The maximum atomic E-state index is 2.44. The van der Waals surface area contributed by atoms with Crippen LogP contribution in [0.1, 0.15) is 22.3 Å². The van der Waals surface area contributed by atoms with Crippen LogP contribution in [0.5, 0.6) is 0 Å². The van der Waals surface area contributed by atoms with Crippen LogP contribution in [0.4, 0.5) is 0 Å². The molecule has 10 rings (SSSR count). The van der Waals surface area contributed by atoms with E-state index in [1.54, 1.807) is 0 Å². The third-order valence-electron chi connectivity index (χ3n) is 10.1. The minimum atomic E-state index is -0.440. The molecule has 0 amide bonds. The molecular weight excluding hydrogens is 573 g/mol. The molecule has 0 radical (unpaired) electrons. The van der Waals surface area contributed by atoms with Gasteiger partial charge in [-0.15, -0.1) is 0 Å². The molecule has 46 heavy (non-hydrogen) atoms. The molecule has 0 fully saturated rings. The maximum Gasteiger partial charge on any atom is 0.0714 e. The molecule has 0 nitrogen and oxygen atoms in total. The van der Waals surface area contributed by atoms with E-state index in [-0.39, 0.29) is 0 Å². The van der Waals surface area contributed by atoms with Crippen molar-refractivity contribution in [1.82, 2.24) is 0 Å². The Hall–Kier alpha value is -5.37. The summed E-state index contributed by atoms with van der Waals surface area (Å²) in [4.78, 5) is 2.65. The van der Waals surface area contributed by atoms with Gasteiger partial charge in [-0.25, -0.2) is 0 Å². The molecule has 0 N–H and O–H groups in total. The minimum Gasteiger partial charge on any atom is -0.0888 e. The van der Waals surface area contributed by atoms with Crippen LogP contribution < -0.4 is 0 Å². The van der Waals surface area contributed by atoms with Crippen molar-refractivity contribution in [3.8, 4) is 33.4 Å². The highest BCUT2D eigenvalue weighted by Gasteiger charge is 2.46. The van der Waals surface area contributed by atoms with Crippen LogP contribution in [0.15, 0.2) is 180 Å². The van der Waals surface area contributed by atoms with Crippen LogP contribution in [0.2, 0.25) is 0 Å². The summed E-state index contributed by atoms with van der Waals surface area (Å²) in [5.74, 6) is 0. The van der Waals surface area contributed by atoms with E-state index in [1.165, 1.54) is 87.0 Å². The Bertz CT molecular complexity index is 2500. The summed E-state index contributed by atoms with van der Waals surface area (Å²) in [5, 5.41) is 5.26. The van der Waals surface area contributed by atoms with Crippen LogP contribution in [-0.4, -0.2) is 0 Å². The van der Waals surface area contributed by atoms with Crippen LogP contribution in [0.3, 0.4) is 0 Å². The van der Waals surface area contributed by atoms with E-state index >= 15 is 0 Å². The van der Waals surface area contributed by atoms with Crippen molar-refractivity contribution in [3.05, 3.63) is 192 Å². The van der Waals surface area contributed by atoms with Gasteiger partial charge in [0.05, 0.1) is 5.41 Å². The molecule has 8 aromatic rings. The normalized spacial score (nSPS) is 15.8. The van der Waals surface area contributed by atoms with Crippen molar-refractivity contribution < 1.29 is 0 Å². The zero-order chi connectivity index (χ0) is 30.2. The second kappa shape index (κ2) is 9.81. The predicted molar refractivity (Wildman–Crippen MR) is 194 cm³/mol. The summed E-state index contributed by atoms with van der Waals surface area (Å²) in [6.45, 7) is 0. The highest BCUT2D eigenvalue weighted by atomic mass is 32.2. The second-order valence-electron chi connectivity index (χ2n) is 12.4. The summed E-state index contributed by atoms with van der Waals surface area (Å²) >= 11 is 1.89. The van der Waals surface area contributed by atoms with E-state index in [9.17, 15) is 0 Å². The molecule has 0 saturated heterocycles. The lowest BCUT2D eigenvalue weighted by Gasteiger charge is -2.34. The molecule has 1 aliphatic carbocycles. The van der Waals surface area contributed by atoms with Crippen LogP contribution >= 0.6 is 11.8 Å². The first kappa shape index (κ1) is 25.9. The van der Waals surface area contributed by atoms with Gasteiger partial charge in [0, 0.05) is 15.2 Å². The van der Waals surface area contributed by atoms with Crippen molar-refractivity contribution in [2.75, 3.05) is 0 Å². The van der Waals surface area contributed by atoms with Gasteiger partial charge >= 0.3 is 0 Å². The van der Waals surface area contributed by atoms with Gasteiger partial charge in [-0.05, 0) is 90.0 Å². The van der Waals surface area contributed by atoms with Crippen molar-refractivity contribution >= 4 is 33.3 Å². The summed E-state index contributed by atoms with van der Waals surface area (Å²) < 4.78 is 0. The monoisotopic (exact) mass is 600 g/mol. The third-order valence-corrected chi connectivity index (χ3v) is 11.2. The fraction of sp³-hybridized carbons (Fsp3) is 0.0222. The Morgan fingerprint density at radius 2 is 1.11 bits per heavy atom. The van der Waals surface area contributed by atoms with Crippen molar-refractivity contribution in [2.24, 2.45) is 0 Å². The third kappa shape index (κ3) is 3.52. The van der Waals surface area contributed by atoms with Gasteiger partial charge in [-0.1, -0.05) is 163 Å². The van der Waals surface area contributed by atoms with E-state index in [4.69, 9.17) is 0 Å². The average molecular weight is 601 g/mol. The summed E-state index contributed by atoms with van der Waals surface area (Å²) in [6.07, 6.45) is 0. The molecule has 1 unspecified atom stereocenters. The molecule has 1 heteroatoms. The topological polar surface area (TPSA) is 0 Å². The first-order chi connectivity index (χ1) is 22.8. The molecule has 0 saturated carbocycles. The number of hydrogen-bond acceptors (Lipinski definition) is 1. The number of hydrogen-bond donors (Lipinski definition) is 0. The molecule has 1 aliphatic heterocycles. The summed E-state index contributed by atoms with van der Waals surface area (Å²) in [6, 6.07) is 63.3. The average Bonchev–Trinajstić information content (AvgIpc) is 3.44. The predicted octanol–water partition coefficient (Wildman–Crippen LogP) is 12.2. The van der Waals surface area contributed by atoms with Crippen LogP contribution in [0, 0.1) is 0 Å². The van der Waals surface area contributed by atoms with Crippen molar-refractivity contribution in [1.29, 1.82) is 0 Å². The van der Waals surface area contributed by atoms with Crippen molar-refractivity contribution in [3.63, 3.8) is 0 Å². The Labute approximate surface area is 273 Å². The molecular formula is C45H28S. The fourth-order valence-electron chi connectivity index (χ4n) is 8.20. The first-order valence-corrected chi connectivity index (χ1v) is 16.7. The van der Waals surface area contributed by atoms with Crippen LogP contribution in [0.25, 0.3) is 54.9 Å². The summed E-state index contributed by atoms with van der Waals surface area (Å²) in [7, 11) is 0. The quantitative estimate of drug-likeness (QED) is 0.194. The molecule has 8 aromatic carbocycles. The smallest absolute Gasteiger partial charge is 0.0714 e. The number of fused-ring (bicyclic) bond motifs is 7. The SMILES string of the molecule is c1ccc(C2(c3cccc(-c4ccc5c(c4)Sc4cccc6cccc-5c46)c3)c3ccccc3-c3c2ccc2ccccc32)cc1. The molecule has 0 bridgehead atoms. The highest BCUT2D eigenvalue weighted by molar-refractivity contribution is 7.99. The van der Waals surface area contributed by atoms with E-state index in [2.05, 4.69) is 170 Å². The van der Waals surface area contributed by atoms with Gasteiger partial charge in [0.1, 0.15) is 0 Å². The zero-order valence-electron chi connectivity index (χ0n) is 25.1. The maximum absolute atomic E-state index is 2.44. The van der Waals surface area contributed by atoms with Crippen molar-refractivity contribution in [2.45, 2.75) is 15.2 Å². The van der Waals surface area contributed by atoms with Gasteiger partial charge in [-0.3, -0.25) is 0 Å². The van der Waals surface area contributed by atoms with Gasteiger partial charge < -0.3 is 0 Å². The van der Waals surface area contributed by atoms with Gasteiger partial charge in [0.25, 0.3) is 0 Å². The van der Waals surface area contributed by atoms with Gasteiger partial charge in [0.2, 0.25) is 0 Å². The zero-order valence-corrected chi connectivity index (χ0v) is 25.9. The molecule has 1 atom stereocenters. The second-order valence-corrected chi connectivity index (χ2v) is 13.5. The largest absolute Gasteiger partial charge is 0.0888 e. The minimum absolute atomic E-state index is 0.440. The van der Waals surface area contributed by atoms with E-state index < -0.39 is 5.41 Å². The molecule has 0 aromatic heterocycles. The standard InChI is InChI=1S/C45H28S/c1-2-15-33(16-3-1)45(39-21-7-6-19-38(39)44-35-18-5-4-11-29(35)24-26-40(44)45)34-17-8-14-31(27-34)32-23-25-36-37-20-9-12-30-13-10-22-41(43(30)37)46-42(36)28-32/h1-28H. The lowest BCUT2D eigenvalue weighted by atomic mass is 9.67. The number of rotatable bonds is 3. The lowest BCUT2D eigenvalue weighted by molar-refractivity contribution is 0.769. The lowest BCUT2D eigenvalue weighted by Crippen LogP contribution is -2.28. The van der Waals surface area contributed by atoms with Crippen LogP contribution in [-0.2, 0) is 5.41 Å². The highest BCUT2D eigenvalue weighted by Crippen LogP contribution is 2.58. The van der Waals surface area contributed by atoms with E-state index in [0.29, 0.717) is 0 Å². The first-order valence-electron chi connectivity index (χ1n) is 15.9. The Morgan fingerprint density at radius 1 is 0.391 bits per heavy atom. The van der Waals surface area contributed by atoms with E-state index in [0.717, 1.165) is 0 Å². The number of benzene rings is 8. The van der Waals surface area contributed by atoms with E-state index in [1.807, 2.05) is 11.8 Å². The Balaban J connectivity index is 1.21. The van der Waals surface area contributed by atoms with Gasteiger partial charge in [0.15, 0.2) is 0 Å². The Kier molecular flexibility index (Phi) is 5.53. The molecule has 1 heterocycles. The molecule has 0 spiro atoms. The molecule has 214 valence electrons. The Morgan fingerprint density at radius 3 is 2.04 bits per heavy atom.